The first-order valence-corrected chi connectivity index (χ1v) is 7.61. The summed E-state index contributed by atoms with van der Waals surface area (Å²) in [7, 11) is 0. The molecule has 4 rings (SSSR count). The SMILES string of the molecule is Nc1ncnc2c1c(-c1cnccn1)cn2C1O[C@H](CO)[C@@H](O)[C@H]1O. The highest BCUT2D eigenvalue weighted by Crippen LogP contribution is 2.37. The van der Waals surface area contributed by atoms with E-state index in [1.807, 2.05) is 0 Å². The molecule has 4 atom stereocenters. The molecule has 3 aromatic heterocycles. The van der Waals surface area contributed by atoms with Crippen LogP contribution in [0.5, 0.6) is 0 Å². The fourth-order valence-electron chi connectivity index (χ4n) is 3.04. The van der Waals surface area contributed by atoms with E-state index in [9.17, 15) is 15.3 Å². The zero-order valence-corrected chi connectivity index (χ0v) is 13.0. The number of aliphatic hydroxyl groups excluding tert-OH is 3. The van der Waals surface area contributed by atoms with Crippen LogP contribution in [0.4, 0.5) is 5.82 Å². The molecule has 130 valence electrons. The number of nitrogen functional groups attached to an aromatic ring is 1. The molecular formula is C15H16N6O4. The summed E-state index contributed by atoms with van der Waals surface area (Å²) in [5.41, 5.74) is 7.62. The number of hydrogen-bond donors (Lipinski definition) is 4. The Kier molecular flexibility index (Phi) is 3.81. The molecule has 10 nitrogen and oxygen atoms in total. The summed E-state index contributed by atoms with van der Waals surface area (Å²) >= 11 is 0. The number of rotatable bonds is 3. The van der Waals surface area contributed by atoms with Crippen molar-refractivity contribution in [2.45, 2.75) is 24.5 Å². The third-order valence-electron chi connectivity index (χ3n) is 4.27. The van der Waals surface area contributed by atoms with Crippen molar-refractivity contribution in [3.05, 3.63) is 31.1 Å². The van der Waals surface area contributed by atoms with Crippen LogP contribution in [-0.4, -0.2) is 64.7 Å². The predicted molar refractivity (Wildman–Crippen MR) is 86.0 cm³/mol. The summed E-state index contributed by atoms with van der Waals surface area (Å²) in [6, 6.07) is 0. The maximum Gasteiger partial charge on any atom is 0.164 e. The Morgan fingerprint density at radius 3 is 2.68 bits per heavy atom. The lowest BCUT2D eigenvalue weighted by Crippen LogP contribution is -2.33. The van der Waals surface area contributed by atoms with Crippen LogP contribution in [0.2, 0.25) is 0 Å². The third-order valence-corrected chi connectivity index (χ3v) is 4.27. The first-order chi connectivity index (χ1) is 12.1. The van der Waals surface area contributed by atoms with Gasteiger partial charge in [0.1, 0.15) is 36.1 Å². The number of aliphatic hydroxyl groups is 3. The van der Waals surface area contributed by atoms with Gasteiger partial charge >= 0.3 is 0 Å². The first-order valence-electron chi connectivity index (χ1n) is 7.61. The average Bonchev–Trinajstić information content (AvgIpc) is 3.15. The smallest absolute Gasteiger partial charge is 0.164 e. The van der Waals surface area contributed by atoms with E-state index in [1.54, 1.807) is 29.4 Å². The van der Waals surface area contributed by atoms with Crippen LogP contribution in [0.1, 0.15) is 6.23 Å². The predicted octanol–water partition coefficient (Wildman–Crippen LogP) is -0.918. The zero-order valence-electron chi connectivity index (χ0n) is 13.0. The van der Waals surface area contributed by atoms with Gasteiger partial charge in [-0.25, -0.2) is 9.97 Å². The summed E-state index contributed by atoms with van der Waals surface area (Å²) in [6.45, 7) is -0.415. The van der Waals surface area contributed by atoms with Gasteiger partial charge < -0.3 is 30.4 Å². The van der Waals surface area contributed by atoms with E-state index in [-0.39, 0.29) is 5.82 Å². The van der Waals surface area contributed by atoms with Crippen molar-refractivity contribution in [1.29, 1.82) is 0 Å². The van der Waals surface area contributed by atoms with Crippen LogP contribution in [0, 0.1) is 0 Å². The lowest BCUT2D eigenvalue weighted by atomic mass is 10.1. The molecular weight excluding hydrogens is 328 g/mol. The maximum atomic E-state index is 10.3. The first kappa shape index (κ1) is 15.8. The van der Waals surface area contributed by atoms with E-state index in [4.69, 9.17) is 10.5 Å². The Balaban J connectivity index is 1.90. The fourth-order valence-corrected chi connectivity index (χ4v) is 3.04. The van der Waals surface area contributed by atoms with Gasteiger partial charge in [-0.1, -0.05) is 0 Å². The van der Waals surface area contributed by atoms with Crippen LogP contribution >= 0.6 is 0 Å². The minimum atomic E-state index is -1.24. The van der Waals surface area contributed by atoms with E-state index >= 15 is 0 Å². The lowest BCUT2D eigenvalue weighted by molar-refractivity contribution is -0.0508. The molecule has 25 heavy (non-hydrogen) atoms. The van der Waals surface area contributed by atoms with E-state index < -0.39 is 31.1 Å². The molecule has 1 fully saturated rings. The van der Waals surface area contributed by atoms with Gasteiger partial charge in [0.15, 0.2) is 6.23 Å². The van der Waals surface area contributed by atoms with Gasteiger partial charge in [-0.2, -0.15) is 0 Å². The van der Waals surface area contributed by atoms with E-state index in [2.05, 4.69) is 19.9 Å². The Morgan fingerprint density at radius 2 is 2.00 bits per heavy atom. The van der Waals surface area contributed by atoms with Gasteiger partial charge in [0, 0.05) is 24.2 Å². The van der Waals surface area contributed by atoms with E-state index in [0.29, 0.717) is 22.3 Å². The van der Waals surface area contributed by atoms with Crippen molar-refractivity contribution in [2.75, 3.05) is 12.3 Å². The molecule has 0 saturated carbocycles. The van der Waals surface area contributed by atoms with Gasteiger partial charge in [-0.05, 0) is 0 Å². The molecule has 0 amide bonds. The lowest BCUT2D eigenvalue weighted by Gasteiger charge is -2.17. The zero-order chi connectivity index (χ0) is 17.6. The Morgan fingerprint density at radius 1 is 1.16 bits per heavy atom. The number of fused-ring (bicyclic) bond motifs is 1. The van der Waals surface area contributed by atoms with Crippen molar-refractivity contribution in [3.63, 3.8) is 0 Å². The van der Waals surface area contributed by atoms with Crippen molar-refractivity contribution in [1.82, 2.24) is 24.5 Å². The van der Waals surface area contributed by atoms with Gasteiger partial charge in [0.2, 0.25) is 0 Å². The summed E-state index contributed by atoms with van der Waals surface area (Å²) < 4.78 is 7.15. The second-order valence-corrected chi connectivity index (χ2v) is 5.73. The van der Waals surface area contributed by atoms with Crippen molar-refractivity contribution < 1.29 is 20.1 Å². The number of anilines is 1. The summed E-state index contributed by atoms with van der Waals surface area (Å²) in [6.07, 6.45) is 3.36. The van der Waals surface area contributed by atoms with Gasteiger partial charge in [-0.15, -0.1) is 0 Å². The normalized spacial score (nSPS) is 26.4. The van der Waals surface area contributed by atoms with Crippen LogP contribution in [0.3, 0.4) is 0 Å². The summed E-state index contributed by atoms with van der Waals surface area (Å²) in [4.78, 5) is 16.6. The molecule has 4 heterocycles. The van der Waals surface area contributed by atoms with Crippen molar-refractivity contribution in [3.8, 4) is 11.3 Å². The summed E-state index contributed by atoms with van der Waals surface area (Å²) in [5, 5.41) is 30.2. The molecule has 0 radical (unpaired) electrons. The van der Waals surface area contributed by atoms with Crippen molar-refractivity contribution in [2.24, 2.45) is 0 Å². The molecule has 3 aromatic rings. The number of aromatic nitrogens is 5. The molecule has 1 unspecified atom stereocenters. The summed E-state index contributed by atoms with van der Waals surface area (Å²) in [5.74, 6) is 0.246. The second-order valence-electron chi connectivity index (χ2n) is 5.73. The number of nitrogens with zero attached hydrogens (tertiary/aromatic N) is 5. The number of hydrogen-bond acceptors (Lipinski definition) is 9. The second kappa shape index (κ2) is 6.01. The molecule has 1 aliphatic rings. The Bertz CT molecular complexity index is 902. The van der Waals surface area contributed by atoms with Gasteiger partial charge in [0.05, 0.1) is 23.9 Å². The highest BCUT2D eigenvalue weighted by Gasteiger charge is 2.44. The Labute approximate surface area is 141 Å². The number of nitrogens with two attached hydrogens (primary N) is 1. The molecule has 0 bridgehead atoms. The molecule has 1 aliphatic heterocycles. The van der Waals surface area contributed by atoms with E-state index in [1.165, 1.54) is 6.33 Å². The van der Waals surface area contributed by atoms with Crippen LogP contribution in [-0.2, 0) is 4.74 Å². The average molecular weight is 344 g/mol. The minimum absolute atomic E-state index is 0.246. The monoisotopic (exact) mass is 344 g/mol. The van der Waals surface area contributed by atoms with E-state index in [0.717, 1.165) is 0 Å². The minimum Gasteiger partial charge on any atom is -0.394 e. The molecule has 10 heteroatoms. The molecule has 0 aliphatic carbocycles. The molecule has 5 N–H and O–H groups in total. The standard InChI is InChI=1S/C15H16N6O4/c16-13-10-7(8-3-17-1-2-18-8)4-21(14(10)20-6-19-13)15-12(24)11(23)9(5-22)25-15/h1-4,6,9,11-12,15,22-24H,5H2,(H2,16,19,20)/t9-,11-,12-,15?/m1/s1. The molecule has 0 aromatic carbocycles. The largest absolute Gasteiger partial charge is 0.394 e. The topological polar surface area (TPSA) is 152 Å². The molecule has 0 spiro atoms. The van der Waals surface area contributed by atoms with Crippen LogP contribution in [0.25, 0.3) is 22.3 Å². The molecule has 1 saturated heterocycles. The fraction of sp³-hybridized carbons (Fsp3) is 0.333. The van der Waals surface area contributed by atoms with Crippen LogP contribution < -0.4 is 5.73 Å². The highest BCUT2D eigenvalue weighted by molar-refractivity contribution is 5.99. The van der Waals surface area contributed by atoms with Gasteiger partial charge in [-0.3, -0.25) is 9.97 Å². The van der Waals surface area contributed by atoms with Gasteiger partial charge in [0.25, 0.3) is 0 Å². The quantitative estimate of drug-likeness (QED) is 0.472. The maximum absolute atomic E-state index is 10.3. The Hall–Kier alpha value is -2.66. The number of ether oxygens (including phenoxy) is 1. The third kappa shape index (κ3) is 2.43. The van der Waals surface area contributed by atoms with Crippen molar-refractivity contribution >= 4 is 16.9 Å². The van der Waals surface area contributed by atoms with Crippen LogP contribution in [0.15, 0.2) is 31.1 Å². The highest BCUT2D eigenvalue weighted by atomic mass is 16.6.